The maximum atomic E-state index is 9.21. The molecule has 0 aliphatic rings. The highest BCUT2D eigenvalue weighted by molar-refractivity contribution is 7.71. The van der Waals surface area contributed by atoms with Gasteiger partial charge in [0.1, 0.15) is 6.61 Å². The lowest BCUT2D eigenvalue weighted by Crippen LogP contribution is -2.04. The highest BCUT2D eigenvalue weighted by atomic mass is 32.1. The second kappa shape index (κ2) is 4.59. The van der Waals surface area contributed by atoms with Crippen molar-refractivity contribution in [2.24, 2.45) is 0 Å². The van der Waals surface area contributed by atoms with Crippen LogP contribution in [0, 0.1) is 4.77 Å². The molecule has 0 atom stereocenters. The number of para-hydroxylation sites is 1. The highest BCUT2D eigenvalue weighted by Crippen LogP contribution is 2.17. The Morgan fingerprint density at radius 3 is 2.88 bits per heavy atom. The number of aliphatic hydroxyl groups is 1. The summed E-state index contributed by atoms with van der Waals surface area (Å²) >= 11 is 5.16. The third-order valence-electron chi connectivity index (χ3n) is 2.50. The number of hydrogen-bond donors (Lipinski definition) is 2. The van der Waals surface area contributed by atoms with E-state index in [4.69, 9.17) is 12.2 Å². The van der Waals surface area contributed by atoms with Gasteiger partial charge in [-0.3, -0.25) is 9.67 Å². The summed E-state index contributed by atoms with van der Waals surface area (Å²) in [5.41, 5.74) is 2.16. The molecule has 1 heterocycles. The third-order valence-corrected chi connectivity index (χ3v) is 2.77. The Morgan fingerprint density at radius 1 is 1.44 bits per heavy atom. The molecule has 1 aromatic carbocycles. The number of aromatic amines is 1. The Hall–Kier alpha value is -1.46. The number of hydrogen-bond acceptors (Lipinski definition) is 3. The average Bonchev–Trinajstić information content (AvgIpc) is 2.70. The van der Waals surface area contributed by atoms with E-state index in [0.29, 0.717) is 10.6 Å². The lowest BCUT2D eigenvalue weighted by Gasteiger charge is -2.09. The van der Waals surface area contributed by atoms with Gasteiger partial charge in [0.25, 0.3) is 0 Å². The van der Waals surface area contributed by atoms with Crippen molar-refractivity contribution >= 4 is 12.2 Å². The van der Waals surface area contributed by atoms with Gasteiger partial charge >= 0.3 is 0 Å². The van der Waals surface area contributed by atoms with Crippen molar-refractivity contribution in [3.63, 3.8) is 0 Å². The predicted molar refractivity (Wildman–Crippen MR) is 64.0 cm³/mol. The van der Waals surface area contributed by atoms with E-state index in [1.807, 2.05) is 24.3 Å². The van der Waals surface area contributed by atoms with E-state index in [2.05, 4.69) is 17.1 Å². The van der Waals surface area contributed by atoms with Gasteiger partial charge in [-0.05, 0) is 30.3 Å². The molecule has 0 spiro atoms. The van der Waals surface area contributed by atoms with Crippen LogP contribution in [0.25, 0.3) is 5.69 Å². The summed E-state index contributed by atoms with van der Waals surface area (Å²) in [4.78, 5) is 0. The molecular formula is C11H13N3OS. The summed E-state index contributed by atoms with van der Waals surface area (Å²) in [5.74, 6) is 0.533. The third kappa shape index (κ3) is 1.79. The molecule has 1 aromatic heterocycles. The topological polar surface area (TPSA) is 53.8 Å². The van der Waals surface area contributed by atoms with E-state index < -0.39 is 0 Å². The number of H-pyrrole nitrogens is 1. The molecular weight excluding hydrogens is 222 g/mol. The van der Waals surface area contributed by atoms with Crippen LogP contribution < -0.4 is 0 Å². The molecule has 2 rings (SSSR count). The Labute approximate surface area is 98.6 Å². The van der Waals surface area contributed by atoms with Crippen LogP contribution in [-0.4, -0.2) is 19.9 Å². The van der Waals surface area contributed by atoms with E-state index in [0.717, 1.165) is 12.1 Å². The summed E-state index contributed by atoms with van der Waals surface area (Å²) in [7, 11) is 0. The number of aryl methyl sites for hydroxylation is 1. The molecule has 0 aliphatic heterocycles. The van der Waals surface area contributed by atoms with Crippen molar-refractivity contribution in [2.45, 2.75) is 20.0 Å². The van der Waals surface area contributed by atoms with Gasteiger partial charge in [-0.1, -0.05) is 25.1 Å². The molecule has 2 N–H and O–H groups in total. The molecule has 0 amide bonds. The fourth-order valence-corrected chi connectivity index (χ4v) is 1.96. The molecule has 0 bridgehead atoms. The minimum Gasteiger partial charge on any atom is -0.388 e. The van der Waals surface area contributed by atoms with Crippen LogP contribution >= 0.6 is 12.2 Å². The fraction of sp³-hybridized carbons (Fsp3) is 0.273. The van der Waals surface area contributed by atoms with Gasteiger partial charge in [0.05, 0.1) is 5.69 Å². The second-order valence-electron chi connectivity index (χ2n) is 3.42. The number of rotatable bonds is 3. The number of benzene rings is 1. The van der Waals surface area contributed by atoms with Gasteiger partial charge in [0, 0.05) is 0 Å². The molecule has 16 heavy (non-hydrogen) atoms. The van der Waals surface area contributed by atoms with Crippen molar-refractivity contribution < 1.29 is 5.11 Å². The van der Waals surface area contributed by atoms with E-state index in [-0.39, 0.29) is 6.61 Å². The minimum absolute atomic E-state index is 0.134. The summed E-state index contributed by atoms with van der Waals surface area (Å²) in [6.45, 7) is 1.95. The molecule has 0 aliphatic carbocycles. The van der Waals surface area contributed by atoms with Crippen LogP contribution in [-0.2, 0) is 13.0 Å². The zero-order valence-corrected chi connectivity index (χ0v) is 9.79. The molecule has 4 nitrogen and oxygen atoms in total. The molecule has 2 aromatic rings. The number of nitrogens with one attached hydrogen (secondary N) is 1. The SMILES string of the molecule is CCc1ccccc1-n1c(CO)n[nH]c1=S. The number of aliphatic hydroxyl groups excluding tert-OH is 1. The van der Waals surface area contributed by atoms with Crippen LogP contribution in [0.1, 0.15) is 18.3 Å². The lowest BCUT2D eigenvalue weighted by atomic mass is 10.1. The zero-order chi connectivity index (χ0) is 11.5. The summed E-state index contributed by atoms with van der Waals surface area (Å²) < 4.78 is 2.28. The van der Waals surface area contributed by atoms with Crippen molar-refractivity contribution in [3.05, 3.63) is 40.4 Å². The molecule has 0 unspecified atom stereocenters. The van der Waals surface area contributed by atoms with Crippen molar-refractivity contribution in [2.75, 3.05) is 0 Å². The van der Waals surface area contributed by atoms with Gasteiger partial charge in [-0.2, -0.15) is 5.10 Å². The van der Waals surface area contributed by atoms with Gasteiger partial charge in [-0.25, -0.2) is 0 Å². The smallest absolute Gasteiger partial charge is 0.199 e. The molecule has 84 valence electrons. The quantitative estimate of drug-likeness (QED) is 0.800. The maximum absolute atomic E-state index is 9.21. The normalized spacial score (nSPS) is 10.6. The molecule has 0 saturated heterocycles. The molecule has 0 fully saturated rings. The summed E-state index contributed by atoms with van der Waals surface area (Å²) in [6.07, 6.45) is 0.911. The predicted octanol–water partition coefficient (Wildman–Crippen LogP) is 1.98. The minimum atomic E-state index is -0.134. The van der Waals surface area contributed by atoms with Crippen molar-refractivity contribution in [1.82, 2.24) is 14.8 Å². The van der Waals surface area contributed by atoms with E-state index in [1.54, 1.807) is 4.57 Å². The van der Waals surface area contributed by atoms with Crippen LogP contribution in [0.3, 0.4) is 0 Å². The van der Waals surface area contributed by atoms with Crippen LogP contribution in [0.2, 0.25) is 0 Å². The standard InChI is InChI=1S/C11H13N3OS/c1-2-8-5-3-4-6-9(8)14-10(7-15)12-13-11(14)16/h3-6,15H,2,7H2,1H3,(H,13,16). The van der Waals surface area contributed by atoms with Crippen LogP contribution in [0.15, 0.2) is 24.3 Å². The first kappa shape index (κ1) is 11.0. The molecule has 0 saturated carbocycles. The maximum Gasteiger partial charge on any atom is 0.199 e. The van der Waals surface area contributed by atoms with Crippen LogP contribution in [0.4, 0.5) is 0 Å². The molecule has 0 radical (unpaired) electrons. The largest absolute Gasteiger partial charge is 0.388 e. The second-order valence-corrected chi connectivity index (χ2v) is 3.81. The van der Waals surface area contributed by atoms with E-state index >= 15 is 0 Å². The van der Waals surface area contributed by atoms with Gasteiger partial charge in [-0.15, -0.1) is 0 Å². The van der Waals surface area contributed by atoms with Gasteiger partial charge in [0.15, 0.2) is 10.6 Å². The Bertz CT molecular complexity index is 544. The lowest BCUT2D eigenvalue weighted by molar-refractivity contribution is 0.268. The van der Waals surface area contributed by atoms with E-state index in [9.17, 15) is 5.11 Å². The summed E-state index contributed by atoms with van der Waals surface area (Å²) in [5, 5.41) is 15.9. The Morgan fingerprint density at radius 2 is 2.19 bits per heavy atom. The molecule has 5 heteroatoms. The fourth-order valence-electron chi connectivity index (χ4n) is 1.71. The van der Waals surface area contributed by atoms with Gasteiger partial charge in [0.2, 0.25) is 0 Å². The Kier molecular flexibility index (Phi) is 3.17. The Balaban J connectivity index is 2.66. The number of aromatic nitrogens is 3. The zero-order valence-electron chi connectivity index (χ0n) is 8.97. The first-order valence-corrected chi connectivity index (χ1v) is 5.54. The first-order chi connectivity index (χ1) is 7.77. The first-order valence-electron chi connectivity index (χ1n) is 5.13. The van der Waals surface area contributed by atoms with E-state index in [1.165, 1.54) is 5.56 Å². The monoisotopic (exact) mass is 235 g/mol. The van der Waals surface area contributed by atoms with Crippen molar-refractivity contribution in [3.8, 4) is 5.69 Å². The number of nitrogens with zero attached hydrogens (tertiary/aromatic N) is 2. The summed E-state index contributed by atoms with van der Waals surface area (Å²) in [6, 6.07) is 7.96. The van der Waals surface area contributed by atoms with Gasteiger partial charge < -0.3 is 5.11 Å². The highest BCUT2D eigenvalue weighted by Gasteiger charge is 2.09. The van der Waals surface area contributed by atoms with Crippen molar-refractivity contribution in [1.29, 1.82) is 0 Å². The van der Waals surface area contributed by atoms with Crippen LogP contribution in [0.5, 0.6) is 0 Å². The average molecular weight is 235 g/mol.